The number of benzene rings is 2. The van der Waals surface area contributed by atoms with Crippen LogP contribution in [0.2, 0.25) is 0 Å². The number of nitrogens with one attached hydrogen (secondary N) is 1. The summed E-state index contributed by atoms with van der Waals surface area (Å²) in [7, 11) is 0. The molecule has 1 N–H and O–H groups in total. The molecule has 1 amide bonds. The third kappa shape index (κ3) is 3.72. The second kappa shape index (κ2) is 7.52. The van der Waals surface area contributed by atoms with Crippen molar-refractivity contribution in [2.24, 2.45) is 0 Å². The van der Waals surface area contributed by atoms with Gasteiger partial charge in [-0.2, -0.15) is 0 Å². The maximum atomic E-state index is 14.0. The van der Waals surface area contributed by atoms with Crippen LogP contribution in [-0.4, -0.2) is 43.5 Å². The number of aryl methyl sites for hydroxylation is 1. The molecule has 2 aliphatic heterocycles. The average Bonchev–Trinajstić information content (AvgIpc) is 3.19. The molecule has 29 heavy (non-hydrogen) atoms. The van der Waals surface area contributed by atoms with Crippen LogP contribution < -0.4 is 10.2 Å². The predicted molar refractivity (Wildman–Crippen MR) is 112 cm³/mol. The molecule has 5 nitrogen and oxygen atoms in total. The van der Waals surface area contributed by atoms with Crippen molar-refractivity contribution in [3.05, 3.63) is 59.6 Å². The molecule has 0 atom stereocenters. The fraction of sp³-hybridized carbons (Fsp3) is 0.348. The van der Waals surface area contributed by atoms with Gasteiger partial charge >= 0.3 is 0 Å². The van der Waals surface area contributed by atoms with Crippen molar-refractivity contribution in [2.45, 2.75) is 19.2 Å². The molecule has 1 aromatic heterocycles. The number of anilines is 2. The summed E-state index contributed by atoms with van der Waals surface area (Å²) in [6.07, 6.45) is 0.651. The van der Waals surface area contributed by atoms with Crippen molar-refractivity contribution in [3.8, 4) is 0 Å². The molecule has 0 saturated carbocycles. The molecule has 1 fully saturated rings. The summed E-state index contributed by atoms with van der Waals surface area (Å²) in [5.74, 6) is -0.571. The summed E-state index contributed by atoms with van der Waals surface area (Å²) >= 11 is 0. The summed E-state index contributed by atoms with van der Waals surface area (Å²) in [4.78, 5) is 16.4. The monoisotopic (exact) mass is 395 g/mol. The maximum absolute atomic E-state index is 14.0. The van der Waals surface area contributed by atoms with E-state index in [9.17, 15) is 9.18 Å². The molecule has 0 spiro atoms. The van der Waals surface area contributed by atoms with Crippen molar-refractivity contribution >= 4 is 28.3 Å². The molecular formula is C23H24FN3O2. The van der Waals surface area contributed by atoms with Gasteiger partial charge in [-0.3, -0.25) is 9.69 Å². The van der Waals surface area contributed by atoms with Crippen molar-refractivity contribution < 1.29 is 16.3 Å². The van der Waals surface area contributed by atoms with E-state index in [2.05, 4.69) is 15.1 Å². The molecule has 6 heteroatoms. The largest absolute Gasteiger partial charge is 0.464 e. The molecule has 2 aliphatic rings. The normalized spacial score (nSPS) is 20.2. The fourth-order valence-corrected chi connectivity index (χ4v) is 4.16. The van der Waals surface area contributed by atoms with Crippen LogP contribution in [0.4, 0.5) is 15.8 Å². The third-order valence-corrected chi connectivity index (χ3v) is 5.74. The van der Waals surface area contributed by atoms with Gasteiger partial charge in [0.25, 0.3) is 0 Å². The smallest absolute Gasteiger partial charge is 0.224 e. The van der Waals surface area contributed by atoms with Gasteiger partial charge in [-0.05, 0) is 42.1 Å². The van der Waals surface area contributed by atoms with E-state index in [1.165, 1.54) is 6.07 Å². The van der Waals surface area contributed by atoms with Crippen molar-refractivity contribution in [1.29, 1.82) is 0 Å². The van der Waals surface area contributed by atoms with Crippen LogP contribution in [0.5, 0.6) is 0 Å². The van der Waals surface area contributed by atoms with Crippen LogP contribution in [0.1, 0.15) is 20.3 Å². The Kier molecular flexibility index (Phi) is 4.15. The average molecular weight is 395 g/mol. The number of carbonyl (C=O) groups excluding carboxylic acids is 1. The number of rotatable bonds is 4. The molecule has 0 unspecified atom stereocenters. The molecule has 0 bridgehead atoms. The molecule has 3 aromatic rings. The second-order valence-electron chi connectivity index (χ2n) is 7.62. The number of furan rings is 1. The molecule has 3 heterocycles. The summed E-state index contributed by atoms with van der Waals surface area (Å²) in [6.45, 7) is 4.24. The molecule has 5 rings (SSSR count). The maximum Gasteiger partial charge on any atom is 0.224 e. The van der Waals surface area contributed by atoms with Crippen LogP contribution in [-0.2, 0) is 17.6 Å². The van der Waals surface area contributed by atoms with Crippen LogP contribution in [0.15, 0.2) is 47.1 Å². The Hall–Kier alpha value is -2.86. The Morgan fingerprint density at radius 3 is 2.86 bits per heavy atom. The highest BCUT2D eigenvalue weighted by Crippen LogP contribution is 2.30. The number of halogens is 1. The lowest BCUT2D eigenvalue weighted by Gasteiger charge is -2.36. The first kappa shape index (κ1) is 16.0. The zero-order valence-electron chi connectivity index (χ0n) is 18.1. The number of fused-ring (bicyclic) bond motifs is 2. The Balaban J connectivity index is 1.21. The number of carbonyl (C=O) groups is 1. The molecule has 1 saturated heterocycles. The molecule has 0 aliphatic carbocycles. The van der Waals surface area contributed by atoms with Crippen molar-refractivity contribution in [1.82, 2.24) is 4.90 Å². The van der Waals surface area contributed by atoms with Gasteiger partial charge in [-0.1, -0.05) is 12.1 Å². The third-order valence-electron chi connectivity index (χ3n) is 5.74. The Morgan fingerprint density at radius 1 is 1.14 bits per heavy atom. The van der Waals surface area contributed by atoms with Crippen molar-refractivity contribution in [3.63, 3.8) is 0 Å². The van der Waals surface area contributed by atoms with E-state index in [-0.39, 0.29) is 18.1 Å². The van der Waals surface area contributed by atoms with Crippen LogP contribution in [0.25, 0.3) is 11.0 Å². The van der Waals surface area contributed by atoms with Crippen LogP contribution >= 0.6 is 0 Å². The SMILES string of the molecule is [2H]C1([2H])CC(=O)Nc2cc(CCN3CCN(c4cc(F)cc5occc45)CC3)ccc21. The van der Waals surface area contributed by atoms with Gasteiger partial charge in [0.15, 0.2) is 0 Å². The number of hydrogen-bond acceptors (Lipinski definition) is 4. The van der Waals surface area contributed by atoms with E-state index in [0.717, 1.165) is 55.8 Å². The molecule has 150 valence electrons. The van der Waals surface area contributed by atoms with Crippen LogP contribution in [0.3, 0.4) is 0 Å². The van der Waals surface area contributed by atoms with Gasteiger partial charge < -0.3 is 14.6 Å². The summed E-state index contributed by atoms with van der Waals surface area (Å²) in [6, 6.07) is 10.5. The quantitative estimate of drug-likeness (QED) is 0.730. The summed E-state index contributed by atoms with van der Waals surface area (Å²) < 4.78 is 35.5. The minimum atomic E-state index is -1.62. The van der Waals surface area contributed by atoms with Gasteiger partial charge in [0.1, 0.15) is 11.4 Å². The van der Waals surface area contributed by atoms with Crippen LogP contribution in [0, 0.1) is 5.82 Å². The standard InChI is InChI=1S/C23H24FN3O2/c24-18-14-21(19-6-12-29-22(19)15-18)27-10-8-26(9-11-27)7-5-16-1-2-17-3-4-23(28)25-20(17)13-16/h1-2,6,12-15H,3-5,7-11H2,(H,25,28)/i3D2. The number of amides is 1. The highest BCUT2D eigenvalue weighted by molar-refractivity contribution is 5.94. The number of hydrogen-bond donors (Lipinski definition) is 1. The molecule has 0 radical (unpaired) electrons. The molecular weight excluding hydrogens is 369 g/mol. The predicted octanol–water partition coefficient (Wildman–Crippen LogP) is 3.82. The van der Waals surface area contributed by atoms with E-state index in [0.29, 0.717) is 16.8 Å². The van der Waals surface area contributed by atoms with Crippen molar-refractivity contribution in [2.75, 3.05) is 42.9 Å². The van der Waals surface area contributed by atoms with Gasteiger partial charge in [0.05, 0.1) is 12.0 Å². The lowest BCUT2D eigenvalue weighted by atomic mass is 9.99. The van der Waals surface area contributed by atoms with E-state index in [1.54, 1.807) is 18.4 Å². The van der Waals surface area contributed by atoms with E-state index < -0.39 is 6.37 Å². The minimum absolute atomic E-state index is 0.139. The topological polar surface area (TPSA) is 48.7 Å². The first-order valence-electron chi connectivity index (χ1n) is 11.0. The van der Waals surface area contributed by atoms with Gasteiger partial charge in [0.2, 0.25) is 5.91 Å². The number of piperazine rings is 1. The zero-order chi connectivity index (χ0) is 21.6. The summed E-state index contributed by atoms with van der Waals surface area (Å²) in [5, 5.41) is 3.73. The van der Waals surface area contributed by atoms with Gasteiger partial charge in [-0.15, -0.1) is 0 Å². The Labute approximate surface area is 171 Å². The first-order valence-corrected chi connectivity index (χ1v) is 9.96. The Bertz CT molecular complexity index is 1140. The van der Waals surface area contributed by atoms with E-state index in [4.69, 9.17) is 7.16 Å². The fourth-order valence-electron chi connectivity index (χ4n) is 4.16. The minimum Gasteiger partial charge on any atom is -0.464 e. The van der Waals surface area contributed by atoms with Gasteiger partial charge in [-0.25, -0.2) is 4.39 Å². The lowest BCUT2D eigenvalue weighted by molar-refractivity contribution is -0.116. The molecule has 2 aromatic carbocycles. The second-order valence-corrected chi connectivity index (χ2v) is 7.62. The Morgan fingerprint density at radius 2 is 2.00 bits per heavy atom. The van der Waals surface area contributed by atoms with Gasteiger partial charge in [0, 0.05) is 59.0 Å². The first-order chi connectivity index (χ1) is 14.9. The highest BCUT2D eigenvalue weighted by atomic mass is 19.1. The highest BCUT2D eigenvalue weighted by Gasteiger charge is 2.20. The van der Waals surface area contributed by atoms with E-state index >= 15 is 0 Å². The lowest BCUT2D eigenvalue weighted by Crippen LogP contribution is -2.47. The number of nitrogens with zero attached hydrogens (tertiary/aromatic N) is 2. The zero-order valence-corrected chi connectivity index (χ0v) is 16.1. The van der Waals surface area contributed by atoms with E-state index in [1.807, 2.05) is 18.2 Å². The summed E-state index contributed by atoms with van der Waals surface area (Å²) in [5.41, 5.74) is 3.65.